The summed E-state index contributed by atoms with van der Waals surface area (Å²) in [6.45, 7) is 1.85. The molecule has 1 N–H and O–H groups in total. The molecule has 1 aliphatic carbocycles. The summed E-state index contributed by atoms with van der Waals surface area (Å²) in [5.41, 5.74) is 1.60. The topological polar surface area (TPSA) is 51.2 Å². The van der Waals surface area contributed by atoms with E-state index >= 15 is 0 Å². The minimum atomic E-state index is -0.647. The van der Waals surface area contributed by atoms with Crippen molar-refractivity contribution in [2.75, 3.05) is 12.4 Å². The third-order valence-corrected chi connectivity index (χ3v) is 5.65. The molecule has 6 heteroatoms. The van der Waals surface area contributed by atoms with Crippen LogP contribution in [-0.4, -0.2) is 18.0 Å². The van der Waals surface area contributed by atoms with Gasteiger partial charge in [0.1, 0.15) is 0 Å². The number of pyridine rings is 1. The molecule has 1 aromatic carbocycles. The average Bonchev–Trinajstić information content (AvgIpc) is 2.63. The van der Waals surface area contributed by atoms with Gasteiger partial charge in [0.25, 0.3) is 0 Å². The van der Waals surface area contributed by atoms with Crippen LogP contribution in [0.4, 0.5) is 5.69 Å². The van der Waals surface area contributed by atoms with Crippen LogP contribution in [0.25, 0.3) is 0 Å². The number of ether oxygens (including phenoxy) is 1. The fourth-order valence-corrected chi connectivity index (χ4v) is 4.27. The maximum Gasteiger partial charge on any atom is 0.235 e. The Morgan fingerprint density at radius 3 is 2.50 bits per heavy atom. The summed E-state index contributed by atoms with van der Waals surface area (Å²) >= 11 is 12.5. The summed E-state index contributed by atoms with van der Waals surface area (Å²) in [5, 5.41) is 4.17. The Kier molecular flexibility index (Phi) is 5.73. The Hall–Kier alpha value is -1.78. The monoisotopic (exact) mass is 392 g/mol. The maximum atomic E-state index is 13.4. The van der Waals surface area contributed by atoms with Crippen LogP contribution in [0.1, 0.15) is 43.4 Å². The molecule has 1 saturated carbocycles. The Labute approximate surface area is 163 Å². The van der Waals surface area contributed by atoms with Gasteiger partial charge in [0.15, 0.2) is 0 Å². The Balaban J connectivity index is 1.96. The second-order valence-electron chi connectivity index (χ2n) is 6.71. The number of rotatable bonds is 4. The van der Waals surface area contributed by atoms with Crippen molar-refractivity contribution in [1.82, 2.24) is 4.98 Å². The normalized spacial score (nSPS) is 16.2. The van der Waals surface area contributed by atoms with Crippen molar-refractivity contribution in [1.29, 1.82) is 0 Å². The van der Waals surface area contributed by atoms with Gasteiger partial charge >= 0.3 is 0 Å². The van der Waals surface area contributed by atoms with E-state index < -0.39 is 5.41 Å². The van der Waals surface area contributed by atoms with Crippen LogP contribution in [-0.2, 0) is 10.2 Å². The van der Waals surface area contributed by atoms with Crippen LogP contribution >= 0.6 is 23.2 Å². The van der Waals surface area contributed by atoms with Crippen molar-refractivity contribution in [2.45, 2.75) is 44.4 Å². The van der Waals surface area contributed by atoms with Crippen LogP contribution in [0.2, 0.25) is 10.0 Å². The molecular formula is C20H22Cl2N2O2. The summed E-state index contributed by atoms with van der Waals surface area (Å²) in [6, 6.07) is 8.95. The fraction of sp³-hybridized carbons (Fsp3) is 0.400. The number of methoxy groups -OCH3 is 1. The number of benzene rings is 1. The van der Waals surface area contributed by atoms with E-state index in [1.807, 2.05) is 19.1 Å². The first kappa shape index (κ1) is 19.0. The van der Waals surface area contributed by atoms with E-state index in [2.05, 4.69) is 10.3 Å². The van der Waals surface area contributed by atoms with Gasteiger partial charge in [-0.2, -0.15) is 0 Å². The summed E-state index contributed by atoms with van der Waals surface area (Å²) in [7, 11) is 1.57. The molecule has 0 saturated heterocycles. The molecule has 0 bridgehead atoms. The van der Waals surface area contributed by atoms with Crippen LogP contribution in [0.15, 0.2) is 30.3 Å². The van der Waals surface area contributed by atoms with E-state index in [9.17, 15) is 4.79 Å². The van der Waals surface area contributed by atoms with E-state index in [1.165, 1.54) is 0 Å². The van der Waals surface area contributed by atoms with Gasteiger partial charge in [-0.25, -0.2) is 4.98 Å². The standard InChI is InChI=1S/C20H22Cl2N2O2/c1-13-17(8-9-18(23-13)26-2)24-19(25)20(10-4-3-5-11-20)15-7-6-14(21)12-16(15)22/h6-9,12H,3-5,10-11H2,1-2H3,(H,24,25). The highest BCUT2D eigenvalue weighted by Crippen LogP contribution is 2.44. The maximum absolute atomic E-state index is 13.4. The van der Waals surface area contributed by atoms with Gasteiger partial charge in [-0.05, 0) is 43.5 Å². The molecule has 1 aromatic heterocycles. The number of nitrogens with one attached hydrogen (secondary N) is 1. The molecule has 1 aliphatic rings. The number of carbonyl (C=O) groups is 1. The highest BCUT2D eigenvalue weighted by Gasteiger charge is 2.42. The lowest BCUT2D eigenvalue weighted by atomic mass is 9.68. The number of halogens is 2. The van der Waals surface area contributed by atoms with E-state index in [1.54, 1.807) is 25.3 Å². The third-order valence-electron chi connectivity index (χ3n) is 5.11. The van der Waals surface area contributed by atoms with Crippen LogP contribution in [0, 0.1) is 6.92 Å². The van der Waals surface area contributed by atoms with Gasteiger partial charge in [0.2, 0.25) is 11.8 Å². The van der Waals surface area contributed by atoms with Gasteiger partial charge in [0.05, 0.1) is 23.9 Å². The van der Waals surface area contributed by atoms with Gasteiger partial charge in [-0.3, -0.25) is 4.79 Å². The first-order valence-corrected chi connectivity index (χ1v) is 9.50. The largest absolute Gasteiger partial charge is 0.481 e. The fourth-order valence-electron chi connectivity index (χ4n) is 3.68. The number of aryl methyl sites for hydroxylation is 1. The lowest BCUT2D eigenvalue weighted by Gasteiger charge is -2.37. The second kappa shape index (κ2) is 7.85. The number of hydrogen-bond donors (Lipinski definition) is 1. The van der Waals surface area contributed by atoms with Crippen LogP contribution in [0.5, 0.6) is 5.88 Å². The minimum absolute atomic E-state index is 0.0449. The summed E-state index contributed by atoms with van der Waals surface area (Å²) in [6.07, 6.45) is 4.65. The molecule has 1 heterocycles. The van der Waals surface area contributed by atoms with Crippen LogP contribution < -0.4 is 10.1 Å². The first-order chi connectivity index (χ1) is 12.5. The van der Waals surface area contributed by atoms with E-state index in [0.717, 1.165) is 37.7 Å². The molecule has 138 valence electrons. The number of hydrogen-bond acceptors (Lipinski definition) is 3. The van der Waals surface area contributed by atoms with E-state index in [-0.39, 0.29) is 5.91 Å². The van der Waals surface area contributed by atoms with Gasteiger partial charge in [0, 0.05) is 16.1 Å². The Bertz CT molecular complexity index is 817. The highest BCUT2D eigenvalue weighted by molar-refractivity contribution is 6.35. The summed E-state index contributed by atoms with van der Waals surface area (Å²) < 4.78 is 5.13. The number of carbonyl (C=O) groups excluding carboxylic acids is 1. The zero-order valence-electron chi connectivity index (χ0n) is 14.9. The average molecular weight is 393 g/mol. The van der Waals surface area contributed by atoms with Crippen LogP contribution in [0.3, 0.4) is 0 Å². The van der Waals surface area contributed by atoms with E-state index in [0.29, 0.717) is 27.3 Å². The van der Waals surface area contributed by atoms with Crippen molar-refractivity contribution >= 4 is 34.8 Å². The predicted octanol–water partition coefficient (Wildman–Crippen LogP) is 5.55. The zero-order chi connectivity index (χ0) is 18.7. The molecular weight excluding hydrogens is 371 g/mol. The second-order valence-corrected chi connectivity index (χ2v) is 7.55. The highest BCUT2D eigenvalue weighted by atomic mass is 35.5. The smallest absolute Gasteiger partial charge is 0.235 e. The quantitative estimate of drug-likeness (QED) is 0.741. The Morgan fingerprint density at radius 2 is 1.88 bits per heavy atom. The number of anilines is 1. The molecule has 2 aromatic rings. The molecule has 0 atom stereocenters. The molecule has 0 unspecified atom stereocenters. The molecule has 1 fully saturated rings. The number of nitrogens with zero attached hydrogens (tertiary/aromatic N) is 1. The van der Waals surface area contributed by atoms with E-state index in [4.69, 9.17) is 27.9 Å². The molecule has 4 nitrogen and oxygen atoms in total. The number of aromatic nitrogens is 1. The predicted molar refractivity (Wildman–Crippen MR) is 105 cm³/mol. The summed E-state index contributed by atoms with van der Waals surface area (Å²) in [5.74, 6) is 0.477. The molecule has 1 amide bonds. The molecule has 0 aliphatic heterocycles. The van der Waals surface area contributed by atoms with Crippen molar-refractivity contribution in [3.8, 4) is 5.88 Å². The molecule has 3 rings (SSSR count). The van der Waals surface area contributed by atoms with Gasteiger partial charge in [-0.1, -0.05) is 48.5 Å². The van der Waals surface area contributed by atoms with Gasteiger partial charge < -0.3 is 10.1 Å². The molecule has 26 heavy (non-hydrogen) atoms. The third kappa shape index (κ3) is 3.67. The van der Waals surface area contributed by atoms with Crippen molar-refractivity contribution in [3.05, 3.63) is 51.6 Å². The lowest BCUT2D eigenvalue weighted by molar-refractivity contribution is -0.122. The van der Waals surface area contributed by atoms with Gasteiger partial charge in [-0.15, -0.1) is 0 Å². The molecule has 0 spiro atoms. The molecule has 0 radical (unpaired) electrons. The SMILES string of the molecule is COc1ccc(NC(=O)C2(c3ccc(Cl)cc3Cl)CCCCC2)c(C)n1. The Morgan fingerprint density at radius 1 is 1.15 bits per heavy atom. The lowest BCUT2D eigenvalue weighted by Crippen LogP contribution is -2.42. The van der Waals surface area contributed by atoms with Crippen molar-refractivity contribution in [3.63, 3.8) is 0 Å². The minimum Gasteiger partial charge on any atom is -0.481 e. The zero-order valence-corrected chi connectivity index (χ0v) is 16.5. The number of amides is 1. The van der Waals surface area contributed by atoms with Crippen molar-refractivity contribution < 1.29 is 9.53 Å². The first-order valence-electron chi connectivity index (χ1n) is 8.75. The summed E-state index contributed by atoms with van der Waals surface area (Å²) in [4.78, 5) is 17.7. The van der Waals surface area contributed by atoms with Crippen molar-refractivity contribution in [2.24, 2.45) is 0 Å².